The van der Waals surface area contributed by atoms with Gasteiger partial charge in [0.05, 0.1) is 6.10 Å². The molecule has 0 amide bonds. The summed E-state index contributed by atoms with van der Waals surface area (Å²) in [6, 6.07) is 12.4. The maximum atomic E-state index is 9.42. The third-order valence-electron chi connectivity index (χ3n) is 2.62. The number of aryl methyl sites for hydroxylation is 1. The number of aliphatic hydroxyl groups is 1. The second kappa shape index (κ2) is 5.94. The Morgan fingerprint density at radius 1 is 1.24 bits per heavy atom. The zero-order valence-corrected chi connectivity index (χ0v) is 10.7. The second-order valence-corrected chi connectivity index (χ2v) is 5.19. The molecule has 0 saturated carbocycles. The molecular weight excluding hydrogens is 230 g/mol. The first kappa shape index (κ1) is 12.3. The quantitative estimate of drug-likeness (QED) is 0.820. The number of benzene rings is 1. The van der Waals surface area contributed by atoms with E-state index in [4.69, 9.17) is 0 Å². The minimum Gasteiger partial charge on any atom is -0.389 e. The molecule has 2 aromatic rings. The Labute approximate surface area is 106 Å². The molecule has 1 unspecified atom stereocenters. The van der Waals surface area contributed by atoms with Crippen LogP contribution in [0.15, 0.2) is 53.7 Å². The van der Waals surface area contributed by atoms with E-state index in [0.29, 0.717) is 0 Å². The van der Waals surface area contributed by atoms with Crippen LogP contribution < -0.4 is 0 Å². The molecule has 3 heteroatoms. The number of thioether (sulfide) groups is 1. The third-order valence-corrected chi connectivity index (χ3v) is 3.61. The Kier molecular flexibility index (Phi) is 4.29. The first-order chi connectivity index (χ1) is 8.25. The van der Waals surface area contributed by atoms with Crippen LogP contribution in [0, 0.1) is 0 Å². The molecule has 0 bridgehead atoms. The average molecular weight is 247 g/mol. The van der Waals surface area contributed by atoms with E-state index in [2.05, 4.69) is 28.8 Å². The van der Waals surface area contributed by atoms with Crippen LogP contribution in [-0.4, -0.2) is 15.4 Å². The fourth-order valence-corrected chi connectivity index (χ4v) is 2.52. The summed E-state index contributed by atoms with van der Waals surface area (Å²) in [5.74, 6) is 1.04. The lowest BCUT2D eigenvalue weighted by molar-refractivity contribution is 0.199. The van der Waals surface area contributed by atoms with E-state index in [-0.39, 0.29) is 6.10 Å². The number of nitrogens with zero attached hydrogens (tertiary/aromatic N) is 1. The van der Waals surface area contributed by atoms with Gasteiger partial charge in [-0.15, -0.1) is 11.8 Å². The van der Waals surface area contributed by atoms with Crippen LogP contribution in [0.4, 0.5) is 0 Å². The van der Waals surface area contributed by atoms with Gasteiger partial charge in [-0.05, 0) is 30.7 Å². The lowest BCUT2D eigenvalue weighted by atomic mass is 10.2. The summed E-state index contributed by atoms with van der Waals surface area (Å²) in [6.07, 6.45) is 3.65. The molecule has 0 spiro atoms. The van der Waals surface area contributed by atoms with Gasteiger partial charge in [0.25, 0.3) is 0 Å². The van der Waals surface area contributed by atoms with Crippen LogP contribution >= 0.6 is 11.8 Å². The zero-order valence-electron chi connectivity index (χ0n) is 9.91. The summed E-state index contributed by atoms with van der Waals surface area (Å²) in [5.41, 5.74) is 0.981. The first-order valence-corrected chi connectivity index (χ1v) is 6.76. The summed E-state index contributed by atoms with van der Waals surface area (Å²) in [5, 5.41) is 9.42. The van der Waals surface area contributed by atoms with Gasteiger partial charge in [-0.2, -0.15) is 0 Å². The van der Waals surface area contributed by atoms with Crippen molar-refractivity contribution in [2.45, 2.75) is 24.5 Å². The smallest absolute Gasteiger partial charge is 0.0776 e. The number of hydrogen-bond donors (Lipinski definition) is 1. The van der Waals surface area contributed by atoms with E-state index < -0.39 is 0 Å². The highest BCUT2D eigenvalue weighted by Crippen LogP contribution is 2.18. The van der Waals surface area contributed by atoms with E-state index in [9.17, 15) is 5.11 Å². The van der Waals surface area contributed by atoms with Gasteiger partial charge < -0.3 is 9.67 Å². The largest absolute Gasteiger partial charge is 0.389 e. The van der Waals surface area contributed by atoms with E-state index >= 15 is 0 Å². The average Bonchev–Trinajstić information content (AvgIpc) is 2.79. The molecule has 2 rings (SSSR count). The number of hydrogen-bond acceptors (Lipinski definition) is 2. The Morgan fingerprint density at radius 3 is 2.65 bits per heavy atom. The normalized spacial score (nSPS) is 12.6. The molecule has 2 nitrogen and oxygen atoms in total. The van der Waals surface area contributed by atoms with E-state index in [1.54, 1.807) is 6.92 Å². The zero-order chi connectivity index (χ0) is 12.1. The predicted molar refractivity (Wildman–Crippen MR) is 72.2 cm³/mol. The van der Waals surface area contributed by atoms with Gasteiger partial charge in [0, 0.05) is 29.6 Å². The standard InChI is InChI=1S/C14H17NOS/c1-12(16)13-7-8-15(11-13)9-10-17-14-5-3-2-4-6-14/h2-8,11-12,16H,9-10H2,1H3. The van der Waals surface area contributed by atoms with Gasteiger partial charge >= 0.3 is 0 Å². The fourth-order valence-electron chi connectivity index (χ4n) is 1.63. The number of rotatable bonds is 5. The lowest BCUT2D eigenvalue weighted by Crippen LogP contribution is -1.97. The lowest BCUT2D eigenvalue weighted by Gasteiger charge is -2.03. The summed E-state index contributed by atoms with van der Waals surface area (Å²) >= 11 is 1.85. The van der Waals surface area contributed by atoms with Crippen molar-refractivity contribution in [3.8, 4) is 0 Å². The third kappa shape index (κ3) is 3.65. The van der Waals surface area contributed by atoms with E-state index in [0.717, 1.165) is 17.9 Å². The van der Waals surface area contributed by atoms with Crippen LogP contribution in [0.25, 0.3) is 0 Å². The van der Waals surface area contributed by atoms with Crippen molar-refractivity contribution >= 4 is 11.8 Å². The van der Waals surface area contributed by atoms with Crippen molar-refractivity contribution < 1.29 is 5.11 Å². The topological polar surface area (TPSA) is 25.2 Å². The van der Waals surface area contributed by atoms with Crippen molar-refractivity contribution in [1.29, 1.82) is 0 Å². The maximum absolute atomic E-state index is 9.42. The van der Waals surface area contributed by atoms with Crippen molar-refractivity contribution in [3.05, 3.63) is 54.4 Å². The minimum absolute atomic E-state index is 0.377. The Morgan fingerprint density at radius 2 is 2.00 bits per heavy atom. The molecule has 0 fully saturated rings. The molecule has 0 aliphatic carbocycles. The Hall–Kier alpha value is -1.19. The second-order valence-electron chi connectivity index (χ2n) is 4.02. The molecule has 90 valence electrons. The van der Waals surface area contributed by atoms with Crippen LogP contribution in [0.2, 0.25) is 0 Å². The summed E-state index contributed by atoms with van der Waals surface area (Å²) in [7, 11) is 0. The predicted octanol–water partition coefficient (Wildman–Crippen LogP) is 3.33. The number of aliphatic hydroxyl groups excluding tert-OH is 1. The van der Waals surface area contributed by atoms with Gasteiger partial charge in [-0.25, -0.2) is 0 Å². The highest BCUT2D eigenvalue weighted by molar-refractivity contribution is 7.99. The van der Waals surface area contributed by atoms with Crippen molar-refractivity contribution in [2.24, 2.45) is 0 Å². The summed E-state index contributed by atoms with van der Waals surface area (Å²) < 4.78 is 2.12. The number of aromatic nitrogens is 1. The molecule has 17 heavy (non-hydrogen) atoms. The van der Waals surface area contributed by atoms with Gasteiger partial charge in [0.2, 0.25) is 0 Å². The highest BCUT2D eigenvalue weighted by atomic mass is 32.2. The van der Waals surface area contributed by atoms with Gasteiger partial charge in [0.15, 0.2) is 0 Å². The monoisotopic (exact) mass is 247 g/mol. The molecule has 0 aliphatic heterocycles. The van der Waals surface area contributed by atoms with Crippen molar-refractivity contribution in [1.82, 2.24) is 4.57 Å². The molecule has 1 heterocycles. The van der Waals surface area contributed by atoms with Gasteiger partial charge in [-0.1, -0.05) is 18.2 Å². The fraction of sp³-hybridized carbons (Fsp3) is 0.286. The Balaban J connectivity index is 1.82. The molecule has 0 aliphatic rings. The molecule has 1 atom stereocenters. The Bertz CT molecular complexity index is 450. The summed E-state index contributed by atoms with van der Waals surface area (Å²) in [6.45, 7) is 2.75. The molecule has 1 N–H and O–H groups in total. The van der Waals surface area contributed by atoms with Gasteiger partial charge in [0.1, 0.15) is 0 Å². The van der Waals surface area contributed by atoms with Crippen LogP contribution in [0.3, 0.4) is 0 Å². The van der Waals surface area contributed by atoms with E-state index in [1.807, 2.05) is 36.3 Å². The van der Waals surface area contributed by atoms with Gasteiger partial charge in [-0.3, -0.25) is 0 Å². The minimum atomic E-state index is -0.377. The van der Waals surface area contributed by atoms with E-state index in [1.165, 1.54) is 4.90 Å². The molecular formula is C14H17NOS. The van der Waals surface area contributed by atoms with Crippen LogP contribution in [-0.2, 0) is 6.54 Å². The summed E-state index contributed by atoms with van der Waals surface area (Å²) in [4.78, 5) is 1.30. The highest BCUT2D eigenvalue weighted by Gasteiger charge is 2.02. The molecule has 0 radical (unpaired) electrons. The van der Waals surface area contributed by atoms with Crippen LogP contribution in [0.5, 0.6) is 0 Å². The van der Waals surface area contributed by atoms with Crippen LogP contribution in [0.1, 0.15) is 18.6 Å². The van der Waals surface area contributed by atoms with Crippen molar-refractivity contribution in [3.63, 3.8) is 0 Å². The molecule has 1 aromatic carbocycles. The van der Waals surface area contributed by atoms with Crippen molar-refractivity contribution in [2.75, 3.05) is 5.75 Å². The molecule has 0 saturated heterocycles. The SMILES string of the molecule is CC(O)c1ccn(CCSc2ccccc2)c1. The first-order valence-electron chi connectivity index (χ1n) is 5.77. The maximum Gasteiger partial charge on any atom is 0.0776 e. The molecule has 1 aromatic heterocycles.